The lowest BCUT2D eigenvalue weighted by Gasteiger charge is -2.11. The van der Waals surface area contributed by atoms with Crippen molar-refractivity contribution in [2.75, 3.05) is 5.32 Å². The highest BCUT2D eigenvalue weighted by Crippen LogP contribution is 2.26. The smallest absolute Gasteiger partial charge is 0.238 e. The highest BCUT2D eigenvalue weighted by molar-refractivity contribution is 8.00. The van der Waals surface area contributed by atoms with Crippen molar-refractivity contribution in [1.29, 1.82) is 0 Å². The first kappa shape index (κ1) is 18.3. The number of nitrogens with one attached hydrogen (secondary N) is 1. The van der Waals surface area contributed by atoms with Gasteiger partial charge in [-0.05, 0) is 43.3 Å². The molecular formula is C17H15ClFN5OS. The van der Waals surface area contributed by atoms with E-state index in [2.05, 4.69) is 20.5 Å². The van der Waals surface area contributed by atoms with Gasteiger partial charge in [-0.1, -0.05) is 23.4 Å². The van der Waals surface area contributed by atoms with E-state index in [1.165, 1.54) is 30.1 Å². The zero-order valence-corrected chi connectivity index (χ0v) is 15.6. The van der Waals surface area contributed by atoms with Crippen LogP contribution in [0.4, 0.5) is 10.2 Å². The monoisotopic (exact) mass is 391 g/mol. The molecular weight excluding hydrogens is 377 g/mol. The molecule has 3 aromatic rings. The van der Waals surface area contributed by atoms with Crippen LogP contribution in [-0.4, -0.2) is 30.9 Å². The third-order valence-electron chi connectivity index (χ3n) is 3.57. The van der Waals surface area contributed by atoms with Crippen molar-refractivity contribution in [2.45, 2.75) is 17.3 Å². The summed E-state index contributed by atoms with van der Waals surface area (Å²) in [6.45, 7) is 1.77. The van der Waals surface area contributed by atoms with Gasteiger partial charge >= 0.3 is 0 Å². The minimum atomic E-state index is -0.420. The van der Waals surface area contributed by atoms with Gasteiger partial charge in [0.1, 0.15) is 11.6 Å². The number of aromatic nitrogens is 4. The minimum absolute atomic E-state index is 0.212. The van der Waals surface area contributed by atoms with Crippen LogP contribution in [0, 0.1) is 5.82 Å². The van der Waals surface area contributed by atoms with Crippen molar-refractivity contribution in [2.24, 2.45) is 7.05 Å². The van der Waals surface area contributed by atoms with E-state index in [1.54, 1.807) is 42.8 Å². The molecule has 0 aliphatic heterocycles. The Labute approximate surface area is 158 Å². The number of hydrogen-bond donors (Lipinski definition) is 1. The van der Waals surface area contributed by atoms with E-state index in [4.69, 9.17) is 11.6 Å². The maximum absolute atomic E-state index is 13.1. The van der Waals surface area contributed by atoms with Crippen LogP contribution in [0.5, 0.6) is 0 Å². The second-order valence-electron chi connectivity index (χ2n) is 5.48. The molecule has 0 spiro atoms. The summed E-state index contributed by atoms with van der Waals surface area (Å²) in [5.41, 5.74) is 0.746. The molecule has 1 atom stereocenters. The van der Waals surface area contributed by atoms with Gasteiger partial charge in [0.25, 0.3) is 0 Å². The van der Waals surface area contributed by atoms with Crippen molar-refractivity contribution >= 4 is 35.1 Å². The molecule has 0 saturated heterocycles. The third-order valence-corrected chi connectivity index (χ3v) is 4.92. The summed E-state index contributed by atoms with van der Waals surface area (Å²) in [5.74, 6) is 0.499. The van der Waals surface area contributed by atoms with Crippen molar-refractivity contribution in [3.8, 4) is 11.4 Å². The molecule has 26 heavy (non-hydrogen) atoms. The van der Waals surface area contributed by atoms with Crippen LogP contribution in [0.3, 0.4) is 0 Å². The van der Waals surface area contributed by atoms with Gasteiger partial charge in [-0.25, -0.2) is 9.37 Å². The Balaban J connectivity index is 1.69. The van der Waals surface area contributed by atoms with Crippen LogP contribution < -0.4 is 5.32 Å². The number of halogens is 2. The number of carbonyl (C=O) groups excluding carboxylic acids is 1. The summed E-state index contributed by atoms with van der Waals surface area (Å²) in [5, 5.41) is 11.6. The van der Waals surface area contributed by atoms with Gasteiger partial charge in [-0.3, -0.25) is 4.79 Å². The molecule has 0 aliphatic carbocycles. The Bertz CT molecular complexity index is 914. The highest BCUT2D eigenvalue weighted by atomic mass is 35.5. The number of rotatable bonds is 5. The summed E-state index contributed by atoms with van der Waals surface area (Å²) in [7, 11) is 1.80. The molecule has 3 rings (SSSR count). The lowest BCUT2D eigenvalue weighted by Crippen LogP contribution is -2.23. The van der Waals surface area contributed by atoms with Gasteiger partial charge in [-0.2, -0.15) is 0 Å². The van der Waals surface area contributed by atoms with E-state index in [-0.39, 0.29) is 11.7 Å². The number of nitrogens with zero attached hydrogens (tertiary/aromatic N) is 4. The summed E-state index contributed by atoms with van der Waals surface area (Å²) in [6, 6.07) is 9.29. The standard InChI is InChI=1S/C17H15ClFN5OS/c1-10(16(25)21-14-8-5-12(18)9-20-14)26-17-23-22-15(24(17)2)11-3-6-13(19)7-4-11/h3-10H,1-2H3,(H,20,21,25)/t10-/m0/s1. The zero-order chi connectivity index (χ0) is 18.7. The first-order valence-corrected chi connectivity index (χ1v) is 8.94. The number of thioether (sulfide) groups is 1. The van der Waals surface area contributed by atoms with Crippen LogP contribution in [0.1, 0.15) is 6.92 Å². The van der Waals surface area contributed by atoms with Gasteiger partial charge in [-0.15, -0.1) is 10.2 Å². The number of amides is 1. The van der Waals surface area contributed by atoms with Gasteiger partial charge < -0.3 is 9.88 Å². The predicted molar refractivity (Wildman–Crippen MR) is 99.6 cm³/mol. The molecule has 2 heterocycles. The van der Waals surface area contributed by atoms with Gasteiger partial charge in [0.05, 0.1) is 10.3 Å². The molecule has 1 aromatic carbocycles. The SMILES string of the molecule is C[C@H](Sc1nnc(-c2ccc(F)cc2)n1C)C(=O)Nc1ccc(Cl)cn1. The molecule has 134 valence electrons. The van der Waals surface area contributed by atoms with Crippen LogP contribution in [0.25, 0.3) is 11.4 Å². The molecule has 6 nitrogen and oxygen atoms in total. The first-order valence-electron chi connectivity index (χ1n) is 7.68. The number of pyridine rings is 1. The fourth-order valence-corrected chi connectivity index (χ4v) is 3.08. The predicted octanol–water partition coefficient (Wildman–Crippen LogP) is 3.79. The summed E-state index contributed by atoms with van der Waals surface area (Å²) >= 11 is 7.05. The van der Waals surface area contributed by atoms with Crippen LogP contribution in [0.15, 0.2) is 47.8 Å². The number of hydrogen-bond acceptors (Lipinski definition) is 5. The first-order chi connectivity index (χ1) is 12.4. The quantitative estimate of drug-likeness (QED) is 0.670. The van der Waals surface area contributed by atoms with Gasteiger partial charge in [0.2, 0.25) is 5.91 Å². The molecule has 0 radical (unpaired) electrons. The molecule has 1 amide bonds. The lowest BCUT2D eigenvalue weighted by atomic mass is 10.2. The second kappa shape index (κ2) is 7.84. The molecule has 0 fully saturated rings. The van der Waals surface area contributed by atoms with Crippen molar-refractivity contribution in [3.63, 3.8) is 0 Å². The fraction of sp³-hybridized carbons (Fsp3) is 0.176. The Morgan fingerprint density at radius 3 is 2.62 bits per heavy atom. The normalized spacial score (nSPS) is 12.0. The van der Waals surface area contributed by atoms with Crippen molar-refractivity contribution in [1.82, 2.24) is 19.7 Å². The van der Waals surface area contributed by atoms with E-state index in [9.17, 15) is 9.18 Å². The van der Waals surface area contributed by atoms with Crippen molar-refractivity contribution in [3.05, 3.63) is 53.4 Å². The van der Waals surface area contributed by atoms with Crippen LogP contribution in [-0.2, 0) is 11.8 Å². The van der Waals surface area contributed by atoms with Crippen LogP contribution in [0.2, 0.25) is 5.02 Å². The summed E-state index contributed by atoms with van der Waals surface area (Å²) in [6.07, 6.45) is 1.46. The number of benzene rings is 1. The molecule has 0 saturated carbocycles. The van der Waals surface area contributed by atoms with E-state index < -0.39 is 5.25 Å². The topological polar surface area (TPSA) is 72.7 Å². The number of carbonyl (C=O) groups is 1. The Morgan fingerprint density at radius 1 is 1.23 bits per heavy atom. The number of anilines is 1. The highest BCUT2D eigenvalue weighted by Gasteiger charge is 2.19. The largest absolute Gasteiger partial charge is 0.310 e. The molecule has 9 heteroatoms. The Kier molecular flexibility index (Phi) is 5.53. The minimum Gasteiger partial charge on any atom is -0.310 e. The maximum atomic E-state index is 13.1. The zero-order valence-electron chi connectivity index (χ0n) is 14.0. The molecule has 0 bridgehead atoms. The van der Waals surface area contributed by atoms with Gasteiger partial charge in [0, 0.05) is 18.8 Å². The lowest BCUT2D eigenvalue weighted by molar-refractivity contribution is -0.115. The summed E-state index contributed by atoms with van der Waals surface area (Å²) < 4.78 is 14.8. The average Bonchev–Trinajstić information content (AvgIpc) is 2.98. The van der Waals surface area contributed by atoms with E-state index in [0.29, 0.717) is 21.8 Å². The Hall–Kier alpha value is -2.45. The van der Waals surface area contributed by atoms with Crippen LogP contribution >= 0.6 is 23.4 Å². The van der Waals surface area contributed by atoms with E-state index in [0.717, 1.165) is 5.56 Å². The molecule has 2 aromatic heterocycles. The molecule has 1 N–H and O–H groups in total. The molecule has 0 unspecified atom stereocenters. The third kappa shape index (κ3) is 4.20. The average molecular weight is 392 g/mol. The fourth-order valence-electron chi connectivity index (χ4n) is 2.16. The maximum Gasteiger partial charge on any atom is 0.238 e. The van der Waals surface area contributed by atoms with E-state index >= 15 is 0 Å². The summed E-state index contributed by atoms with van der Waals surface area (Å²) in [4.78, 5) is 16.4. The Morgan fingerprint density at radius 2 is 1.96 bits per heavy atom. The second-order valence-corrected chi connectivity index (χ2v) is 7.23. The van der Waals surface area contributed by atoms with E-state index in [1.807, 2.05) is 0 Å². The van der Waals surface area contributed by atoms with Gasteiger partial charge in [0.15, 0.2) is 11.0 Å². The molecule has 0 aliphatic rings. The van der Waals surface area contributed by atoms with Crippen molar-refractivity contribution < 1.29 is 9.18 Å².